The molecule has 2 heterocycles. The number of carbonyl (C=O) groups excluding carboxylic acids is 1. The number of sulfonamides is 1. The summed E-state index contributed by atoms with van der Waals surface area (Å²) < 4.78 is 39.8. The van der Waals surface area contributed by atoms with Crippen molar-refractivity contribution in [2.24, 2.45) is 7.05 Å². The van der Waals surface area contributed by atoms with Gasteiger partial charge in [-0.05, 0) is 38.0 Å². The molecule has 2 aromatic rings. The summed E-state index contributed by atoms with van der Waals surface area (Å²) in [6.07, 6.45) is 2.75. The number of benzene rings is 1. The number of methoxy groups -OCH3 is 2. The first-order valence-corrected chi connectivity index (χ1v) is 10.9. The second-order valence-electron chi connectivity index (χ2n) is 7.02. The van der Waals surface area contributed by atoms with E-state index in [-0.39, 0.29) is 10.6 Å². The van der Waals surface area contributed by atoms with Crippen molar-refractivity contribution in [1.82, 2.24) is 8.87 Å². The van der Waals surface area contributed by atoms with Crippen molar-refractivity contribution < 1.29 is 22.7 Å². The van der Waals surface area contributed by atoms with Crippen LogP contribution in [0, 0.1) is 6.92 Å². The third-order valence-electron chi connectivity index (χ3n) is 5.31. The zero-order valence-corrected chi connectivity index (χ0v) is 18.0. The fourth-order valence-corrected chi connectivity index (χ4v) is 5.28. The van der Waals surface area contributed by atoms with Crippen LogP contribution in [0.5, 0.6) is 11.5 Å². The van der Waals surface area contributed by atoms with Crippen molar-refractivity contribution in [1.29, 1.82) is 0 Å². The normalized spacial score (nSPS) is 15.2. The average Bonchev–Trinajstić information content (AvgIpc) is 3.04. The Hall–Kier alpha value is -2.52. The largest absolute Gasteiger partial charge is 0.497 e. The predicted octanol–water partition coefficient (Wildman–Crippen LogP) is 2.78. The molecule has 1 aliphatic rings. The van der Waals surface area contributed by atoms with Crippen molar-refractivity contribution in [3.8, 4) is 11.5 Å². The molecule has 0 aliphatic carbocycles. The van der Waals surface area contributed by atoms with Gasteiger partial charge in [0.25, 0.3) is 5.91 Å². The highest BCUT2D eigenvalue weighted by Gasteiger charge is 2.31. The fraction of sp³-hybridized carbons (Fsp3) is 0.450. The molecule has 0 spiro atoms. The van der Waals surface area contributed by atoms with E-state index in [9.17, 15) is 13.2 Å². The summed E-state index contributed by atoms with van der Waals surface area (Å²) >= 11 is 0. The van der Waals surface area contributed by atoms with Gasteiger partial charge in [-0.3, -0.25) is 4.79 Å². The van der Waals surface area contributed by atoms with Gasteiger partial charge in [0, 0.05) is 31.9 Å². The number of hydrogen-bond donors (Lipinski definition) is 1. The summed E-state index contributed by atoms with van der Waals surface area (Å²) in [5.41, 5.74) is 1.22. The molecular formula is C20H27N3O5S. The Bertz CT molecular complexity index is 1010. The molecule has 1 aromatic carbocycles. The summed E-state index contributed by atoms with van der Waals surface area (Å²) in [5.74, 6) is 0.617. The van der Waals surface area contributed by atoms with Crippen LogP contribution in [-0.4, -0.2) is 50.5 Å². The minimum atomic E-state index is -3.64. The highest BCUT2D eigenvalue weighted by Crippen LogP contribution is 2.30. The van der Waals surface area contributed by atoms with Gasteiger partial charge in [0.15, 0.2) is 0 Å². The SMILES string of the molecule is COc1ccc(OC)c(NC(=O)c2cc(S(=O)(=O)N3CCCCC3)c(C)n2C)c1. The molecule has 0 atom stereocenters. The van der Waals surface area contributed by atoms with Gasteiger partial charge in [0.2, 0.25) is 10.0 Å². The van der Waals surface area contributed by atoms with Gasteiger partial charge in [0.1, 0.15) is 22.1 Å². The van der Waals surface area contributed by atoms with E-state index in [1.54, 1.807) is 36.7 Å². The van der Waals surface area contributed by atoms with Crippen LogP contribution >= 0.6 is 0 Å². The van der Waals surface area contributed by atoms with Crippen LogP contribution in [0.2, 0.25) is 0 Å². The first kappa shape index (κ1) is 21.2. The Labute approximate surface area is 171 Å². The summed E-state index contributed by atoms with van der Waals surface area (Å²) in [4.78, 5) is 13.1. The topological polar surface area (TPSA) is 89.9 Å². The van der Waals surface area contributed by atoms with Crippen molar-refractivity contribution >= 4 is 21.6 Å². The second-order valence-corrected chi connectivity index (χ2v) is 8.93. The Kier molecular flexibility index (Phi) is 6.18. The zero-order valence-electron chi connectivity index (χ0n) is 17.2. The Morgan fingerprint density at radius 3 is 2.38 bits per heavy atom. The van der Waals surface area contributed by atoms with Crippen LogP contribution in [0.4, 0.5) is 5.69 Å². The van der Waals surface area contributed by atoms with Crippen LogP contribution < -0.4 is 14.8 Å². The van der Waals surface area contributed by atoms with Gasteiger partial charge in [-0.1, -0.05) is 6.42 Å². The van der Waals surface area contributed by atoms with Crippen molar-refractivity contribution in [3.05, 3.63) is 35.7 Å². The quantitative estimate of drug-likeness (QED) is 0.775. The van der Waals surface area contributed by atoms with E-state index in [1.807, 2.05) is 0 Å². The standard InChI is InChI=1S/C20H27N3O5S/c1-14-19(29(25,26)23-10-6-5-7-11-23)13-17(22(14)2)20(24)21-16-12-15(27-3)8-9-18(16)28-4/h8-9,12-13H,5-7,10-11H2,1-4H3,(H,21,24). The summed E-state index contributed by atoms with van der Waals surface area (Å²) in [7, 11) is 1.09. The number of aromatic nitrogens is 1. The monoisotopic (exact) mass is 421 g/mol. The van der Waals surface area contributed by atoms with Crippen molar-refractivity contribution in [2.45, 2.75) is 31.1 Å². The lowest BCUT2D eigenvalue weighted by Crippen LogP contribution is -2.35. The molecule has 1 N–H and O–H groups in total. The molecule has 0 unspecified atom stereocenters. The molecule has 1 saturated heterocycles. The van der Waals surface area contributed by atoms with Gasteiger partial charge >= 0.3 is 0 Å². The summed E-state index contributed by atoms with van der Waals surface area (Å²) in [5, 5.41) is 2.79. The molecular weight excluding hydrogens is 394 g/mol. The fourth-order valence-electron chi connectivity index (χ4n) is 3.49. The number of anilines is 1. The minimum absolute atomic E-state index is 0.171. The lowest BCUT2D eigenvalue weighted by Gasteiger charge is -2.25. The summed E-state index contributed by atoms with van der Waals surface area (Å²) in [6.45, 7) is 2.73. The third kappa shape index (κ3) is 4.11. The smallest absolute Gasteiger partial charge is 0.272 e. The van der Waals surface area contributed by atoms with Crippen molar-refractivity contribution in [3.63, 3.8) is 0 Å². The number of ether oxygens (including phenoxy) is 2. The number of rotatable bonds is 6. The zero-order chi connectivity index (χ0) is 21.2. The van der Waals surface area contributed by atoms with E-state index in [0.717, 1.165) is 19.3 Å². The number of nitrogens with one attached hydrogen (secondary N) is 1. The Morgan fingerprint density at radius 1 is 1.07 bits per heavy atom. The van der Waals surface area contributed by atoms with E-state index in [1.165, 1.54) is 24.6 Å². The van der Waals surface area contributed by atoms with Crippen LogP contribution in [0.25, 0.3) is 0 Å². The molecule has 0 saturated carbocycles. The van der Waals surface area contributed by atoms with E-state index in [4.69, 9.17) is 9.47 Å². The van der Waals surface area contributed by atoms with E-state index >= 15 is 0 Å². The van der Waals surface area contributed by atoms with Gasteiger partial charge in [-0.15, -0.1) is 0 Å². The maximum atomic E-state index is 13.1. The molecule has 0 bridgehead atoms. The first-order chi connectivity index (χ1) is 13.8. The molecule has 9 heteroatoms. The Balaban J connectivity index is 1.92. The van der Waals surface area contributed by atoms with Crippen LogP contribution in [0.1, 0.15) is 35.4 Å². The first-order valence-electron chi connectivity index (χ1n) is 9.49. The summed E-state index contributed by atoms with van der Waals surface area (Å²) in [6, 6.07) is 6.51. The predicted molar refractivity (Wildman–Crippen MR) is 110 cm³/mol. The third-order valence-corrected chi connectivity index (χ3v) is 7.32. The molecule has 8 nitrogen and oxygen atoms in total. The van der Waals surface area contributed by atoms with Crippen LogP contribution in [0.3, 0.4) is 0 Å². The van der Waals surface area contributed by atoms with Crippen LogP contribution in [0.15, 0.2) is 29.2 Å². The van der Waals surface area contributed by atoms with Gasteiger partial charge in [-0.25, -0.2) is 8.42 Å². The average molecular weight is 422 g/mol. The van der Waals surface area contributed by atoms with Gasteiger partial charge < -0.3 is 19.4 Å². The second kappa shape index (κ2) is 8.46. The molecule has 29 heavy (non-hydrogen) atoms. The minimum Gasteiger partial charge on any atom is -0.497 e. The highest BCUT2D eigenvalue weighted by atomic mass is 32.2. The molecule has 1 amide bonds. The highest BCUT2D eigenvalue weighted by molar-refractivity contribution is 7.89. The maximum absolute atomic E-state index is 13.1. The molecule has 1 fully saturated rings. The Morgan fingerprint density at radius 2 is 1.76 bits per heavy atom. The molecule has 158 valence electrons. The van der Waals surface area contributed by atoms with Crippen LogP contribution in [-0.2, 0) is 17.1 Å². The maximum Gasteiger partial charge on any atom is 0.272 e. The van der Waals surface area contributed by atoms with E-state index in [0.29, 0.717) is 36.0 Å². The molecule has 1 aromatic heterocycles. The van der Waals surface area contributed by atoms with Gasteiger partial charge in [0.05, 0.1) is 19.9 Å². The number of carbonyl (C=O) groups is 1. The molecule has 3 rings (SSSR count). The van der Waals surface area contributed by atoms with Crippen molar-refractivity contribution in [2.75, 3.05) is 32.6 Å². The molecule has 0 radical (unpaired) electrons. The molecule has 1 aliphatic heterocycles. The number of amides is 1. The lowest BCUT2D eigenvalue weighted by molar-refractivity contribution is 0.101. The number of piperidine rings is 1. The number of nitrogens with zero attached hydrogens (tertiary/aromatic N) is 2. The van der Waals surface area contributed by atoms with E-state index in [2.05, 4.69) is 5.32 Å². The van der Waals surface area contributed by atoms with Gasteiger partial charge in [-0.2, -0.15) is 4.31 Å². The lowest BCUT2D eigenvalue weighted by atomic mass is 10.2. The van der Waals surface area contributed by atoms with E-state index < -0.39 is 15.9 Å². The number of hydrogen-bond acceptors (Lipinski definition) is 5.